The normalized spacial score (nSPS) is 10.7. The molecule has 3 aromatic carbocycles. The van der Waals surface area contributed by atoms with Gasteiger partial charge in [0.05, 0.1) is 36.6 Å². The van der Waals surface area contributed by atoms with E-state index in [1.54, 1.807) is 21.8 Å². The van der Waals surface area contributed by atoms with Crippen LogP contribution in [-0.4, -0.2) is 55.1 Å². The Morgan fingerprint density at radius 2 is 0.974 bits per heavy atom. The first-order valence-electron chi connectivity index (χ1n) is 12.0. The molecule has 0 radical (unpaired) electrons. The van der Waals surface area contributed by atoms with Crippen molar-refractivity contribution in [2.45, 2.75) is 13.1 Å². The van der Waals surface area contributed by atoms with Crippen LogP contribution in [0, 0.1) is 0 Å². The minimum atomic E-state index is -0.492. The van der Waals surface area contributed by atoms with Crippen molar-refractivity contribution in [2.24, 2.45) is 0 Å². The summed E-state index contributed by atoms with van der Waals surface area (Å²) in [5.41, 5.74) is 4.09. The lowest BCUT2D eigenvalue weighted by atomic mass is 10.1. The fourth-order valence-electron chi connectivity index (χ4n) is 3.67. The third-order valence-corrected chi connectivity index (χ3v) is 5.68. The number of aromatic nitrogens is 6. The molecule has 0 amide bonds. The number of esters is 2. The number of rotatable bonds is 10. The molecule has 10 heteroatoms. The smallest absolute Gasteiger partial charge is 0.338 e. The highest BCUT2D eigenvalue weighted by molar-refractivity contribution is 5.93. The molecule has 5 aromatic rings. The molecular formula is C28H24N6O4. The number of carbonyl (C=O) groups is 2. The first-order valence-corrected chi connectivity index (χ1v) is 12.0. The van der Waals surface area contributed by atoms with Gasteiger partial charge in [0.15, 0.2) is 0 Å². The van der Waals surface area contributed by atoms with Gasteiger partial charge in [-0.05, 0) is 24.3 Å². The van der Waals surface area contributed by atoms with Crippen LogP contribution < -0.4 is 0 Å². The first kappa shape index (κ1) is 24.6. The average Bonchev–Trinajstić information content (AvgIpc) is 3.64. The highest BCUT2D eigenvalue weighted by Gasteiger charge is 2.12. The number of carbonyl (C=O) groups excluding carboxylic acids is 2. The zero-order valence-corrected chi connectivity index (χ0v) is 20.4. The summed E-state index contributed by atoms with van der Waals surface area (Å²) in [7, 11) is 0. The molecule has 0 atom stereocenters. The zero-order valence-electron chi connectivity index (χ0n) is 20.4. The van der Waals surface area contributed by atoms with Crippen LogP contribution in [0.1, 0.15) is 20.7 Å². The highest BCUT2D eigenvalue weighted by Crippen LogP contribution is 2.16. The van der Waals surface area contributed by atoms with Crippen LogP contribution >= 0.6 is 0 Å². The van der Waals surface area contributed by atoms with Crippen molar-refractivity contribution >= 4 is 11.9 Å². The summed E-state index contributed by atoms with van der Waals surface area (Å²) in [5, 5.41) is 16.4. The van der Waals surface area contributed by atoms with Gasteiger partial charge in [0, 0.05) is 11.1 Å². The van der Waals surface area contributed by atoms with Crippen LogP contribution in [0.2, 0.25) is 0 Å². The molecule has 190 valence electrons. The molecule has 38 heavy (non-hydrogen) atoms. The molecule has 5 rings (SSSR count). The van der Waals surface area contributed by atoms with Crippen molar-refractivity contribution in [3.05, 3.63) is 108 Å². The van der Waals surface area contributed by atoms with Gasteiger partial charge in [0.2, 0.25) is 0 Å². The van der Waals surface area contributed by atoms with E-state index in [0.717, 1.165) is 22.5 Å². The summed E-state index contributed by atoms with van der Waals surface area (Å²) >= 11 is 0. The molecule has 2 aromatic heterocycles. The number of ether oxygens (including phenoxy) is 2. The predicted octanol–water partition coefficient (Wildman–Crippen LogP) is 3.92. The minimum Gasteiger partial charge on any atom is -0.460 e. The molecule has 0 aliphatic rings. The molecule has 0 saturated heterocycles. The maximum Gasteiger partial charge on any atom is 0.338 e. The van der Waals surface area contributed by atoms with Gasteiger partial charge < -0.3 is 9.47 Å². The summed E-state index contributed by atoms with van der Waals surface area (Å²) in [6.45, 7) is 1.01. The van der Waals surface area contributed by atoms with Crippen molar-refractivity contribution in [3.63, 3.8) is 0 Å². The second-order valence-electron chi connectivity index (χ2n) is 8.31. The van der Waals surface area contributed by atoms with E-state index in [0.29, 0.717) is 24.2 Å². The van der Waals surface area contributed by atoms with E-state index < -0.39 is 11.9 Å². The van der Waals surface area contributed by atoms with Gasteiger partial charge in [-0.25, -0.2) is 19.0 Å². The van der Waals surface area contributed by atoms with Crippen molar-refractivity contribution in [1.29, 1.82) is 0 Å². The van der Waals surface area contributed by atoms with Crippen LogP contribution in [0.3, 0.4) is 0 Å². The maximum atomic E-state index is 12.4. The second kappa shape index (κ2) is 11.7. The molecule has 0 N–H and O–H groups in total. The molecular weight excluding hydrogens is 484 g/mol. The largest absolute Gasteiger partial charge is 0.460 e. The lowest BCUT2D eigenvalue weighted by molar-refractivity contribution is 0.0472. The fourth-order valence-corrected chi connectivity index (χ4v) is 3.67. The number of hydrogen-bond acceptors (Lipinski definition) is 8. The van der Waals surface area contributed by atoms with Crippen LogP contribution in [0.15, 0.2) is 97.3 Å². The van der Waals surface area contributed by atoms with Crippen molar-refractivity contribution in [2.75, 3.05) is 13.2 Å². The minimum absolute atomic E-state index is 0.133. The van der Waals surface area contributed by atoms with Gasteiger partial charge in [0.1, 0.15) is 24.6 Å². The maximum absolute atomic E-state index is 12.4. The second-order valence-corrected chi connectivity index (χ2v) is 8.31. The van der Waals surface area contributed by atoms with E-state index in [1.165, 1.54) is 24.3 Å². The summed E-state index contributed by atoms with van der Waals surface area (Å²) in [5.74, 6) is -0.984. The Hall–Kier alpha value is -5.12. The lowest BCUT2D eigenvalue weighted by Crippen LogP contribution is -2.13. The zero-order chi connectivity index (χ0) is 26.2. The first-order chi connectivity index (χ1) is 18.7. The lowest BCUT2D eigenvalue weighted by Gasteiger charge is -2.07. The predicted molar refractivity (Wildman–Crippen MR) is 138 cm³/mol. The Kier molecular flexibility index (Phi) is 7.59. The van der Waals surface area contributed by atoms with Crippen LogP contribution in [0.25, 0.3) is 22.5 Å². The Balaban J connectivity index is 1.05. The summed E-state index contributed by atoms with van der Waals surface area (Å²) in [4.78, 5) is 24.8. The highest BCUT2D eigenvalue weighted by atomic mass is 16.5. The molecule has 0 saturated carbocycles. The van der Waals surface area contributed by atoms with Gasteiger partial charge in [-0.3, -0.25) is 0 Å². The molecule has 10 nitrogen and oxygen atoms in total. The van der Waals surface area contributed by atoms with Crippen LogP contribution in [0.5, 0.6) is 0 Å². The summed E-state index contributed by atoms with van der Waals surface area (Å²) < 4.78 is 13.9. The van der Waals surface area contributed by atoms with E-state index >= 15 is 0 Å². The quantitative estimate of drug-likeness (QED) is 0.261. The Bertz CT molecular complexity index is 1380. The average molecular weight is 509 g/mol. The van der Waals surface area contributed by atoms with Gasteiger partial charge in [-0.2, -0.15) is 0 Å². The Morgan fingerprint density at radius 3 is 1.37 bits per heavy atom. The molecule has 0 spiro atoms. The van der Waals surface area contributed by atoms with E-state index in [4.69, 9.17) is 9.47 Å². The molecule has 0 fully saturated rings. The molecule has 0 aliphatic heterocycles. The molecule has 0 unspecified atom stereocenters. The topological polar surface area (TPSA) is 114 Å². The molecule has 0 aliphatic carbocycles. The Labute approximate surface area is 218 Å². The van der Waals surface area contributed by atoms with E-state index in [2.05, 4.69) is 20.6 Å². The van der Waals surface area contributed by atoms with Gasteiger partial charge >= 0.3 is 11.9 Å². The standard InChI is InChI=1S/C28H24N6O4/c35-27(37-17-15-33-19-25(29-31-33)21-7-3-1-4-8-21)23-11-13-24(14-12-23)28(36)38-18-16-34-20-26(30-32-34)22-9-5-2-6-10-22/h1-14,19-20H,15-18H2. The fraction of sp³-hybridized carbons (Fsp3) is 0.143. The number of hydrogen-bond donors (Lipinski definition) is 0. The van der Waals surface area contributed by atoms with Crippen LogP contribution in [-0.2, 0) is 22.6 Å². The van der Waals surface area contributed by atoms with E-state index in [9.17, 15) is 9.59 Å². The van der Waals surface area contributed by atoms with Crippen molar-refractivity contribution < 1.29 is 19.1 Å². The summed E-state index contributed by atoms with van der Waals surface area (Å²) in [6.07, 6.45) is 3.60. The number of nitrogens with zero attached hydrogens (tertiary/aromatic N) is 6. The van der Waals surface area contributed by atoms with Gasteiger partial charge in [-0.1, -0.05) is 71.1 Å². The van der Waals surface area contributed by atoms with E-state index in [-0.39, 0.29) is 13.2 Å². The van der Waals surface area contributed by atoms with Gasteiger partial charge in [0.25, 0.3) is 0 Å². The Morgan fingerprint density at radius 1 is 0.579 bits per heavy atom. The summed E-state index contributed by atoms with van der Waals surface area (Å²) in [6, 6.07) is 25.5. The van der Waals surface area contributed by atoms with E-state index in [1.807, 2.05) is 60.7 Å². The monoisotopic (exact) mass is 508 g/mol. The van der Waals surface area contributed by atoms with Gasteiger partial charge in [-0.15, -0.1) is 10.2 Å². The molecule has 0 bridgehead atoms. The third-order valence-electron chi connectivity index (χ3n) is 5.68. The third kappa shape index (κ3) is 6.16. The molecule has 2 heterocycles. The SMILES string of the molecule is O=C(OCCn1cc(-c2ccccc2)nn1)c1ccc(C(=O)OCCn2cc(-c3ccccc3)nn2)cc1. The number of benzene rings is 3. The van der Waals surface area contributed by atoms with Crippen molar-refractivity contribution in [3.8, 4) is 22.5 Å². The van der Waals surface area contributed by atoms with Crippen LogP contribution in [0.4, 0.5) is 0 Å². The van der Waals surface area contributed by atoms with Crippen molar-refractivity contribution in [1.82, 2.24) is 30.0 Å².